The van der Waals surface area contributed by atoms with Crippen LogP contribution in [0.5, 0.6) is 0 Å². The number of hydrogen-bond acceptors (Lipinski definition) is 9. The number of benzene rings is 1. The third-order valence-corrected chi connectivity index (χ3v) is 7.64. The van der Waals surface area contributed by atoms with Gasteiger partial charge in [0.1, 0.15) is 12.1 Å². The molecule has 12 nitrogen and oxygen atoms in total. The normalized spacial score (nSPS) is 22.6. The van der Waals surface area contributed by atoms with Gasteiger partial charge in [-0.15, -0.1) is 0 Å². The Bertz CT molecular complexity index is 1200. The van der Waals surface area contributed by atoms with Gasteiger partial charge in [-0.3, -0.25) is 14.5 Å². The molecule has 6 unspecified atom stereocenters. The van der Waals surface area contributed by atoms with Gasteiger partial charge in [0.2, 0.25) is 12.0 Å². The quantitative estimate of drug-likeness (QED) is 0.324. The lowest BCUT2D eigenvalue weighted by molar-refractivity contribution is -0.175. The van der Waals surface area contributed by atoms with Crippen molar-refractivity contribution in [2.45, 2.75) is 88.4 Å². The molecule has 2 fully saturated rings. The van der Waals surface area contributed by atoms with Crippen LogP contribution in [0.1, 0.15) is 56.4 Å². The van der Waals surface area contributed by atoms with E-state index in [9.17, 15) is 24.3 Å². The Morgan fingerprint density at radius 2 is 1.88 bits per heavy atom. The molecule has 40 heavy (non-hydrogen) atoms. The average Bonchev–Trinajstić information content (AvgIpc) is 3.47. The fourth-order valence-corrected chi connectivity index (χ4v) is 5.37. The van der Waals surface area contributed by atoms with E-state index in [-0.39, 0.29) is 31.5 Å². The summed E-state index contributed by atoms with van der Waals surface area (Å²) in [5, 5.41) is 11.8. The predicted molar refractivity (Wildman–Crippen MR) is 143 cm³/mol. The second-order valence-electron chi connectivity index (χ2n) is 10.5. The van der Waals surface area contributed by atoms with Crippen molar-refractivity contribution in [1.82, 2.24) is 19.8 Å². The van der Waals surface area contributed by atoms with Crippen LogP contribution in [-0.4, -0.2) is 80.7 Å². The minimum absolute atomic E-state index is 0.0489. The molecule has 1 amide bonds. The number of esters is 2. The highest BCUT2D eigenvalue weighted by Gasteiger charge is 2.43. The zero-order valence-corrected chi connectivity index (χ0v) is 22.8. The van der Waals surface area contributed by atoms with Crippen LogP contribution < -0.4 is 11.1 Å². The molecule has 0 aliphatic carbocycles. The number of nitrogens with one attached hydrogen (secondary N) is 1. The monoisotopic (exact) mass is 555 g/mol. The van der Waals surface area contributed by atoms with Crippen molar-refractivity contribution < 1.29 is 33.8 Å². The number of rotatable bonds is 12. The number of carboxylic acids is 1. The maximum atomic E-state index is 13.3. The van der Waals surface area contributed by atoms with E-state index in [2.05, 4.69) is 22.2 Å². The maximum absolute atomic E-state index is 13.3. The molecular formula is C28H37N5O7. The molecule has 1 aromatic heterocycles. The number of aryl methyl sites for hydroxylation is 1. The van der Waals surface area contributed by atoms with Crippen LogP contribution in [-0.2, 0) is 41.6 Å². The van der Waals surface area contributed by atoms with Crippen LogP contribution in [0.2, 0.25) is 0 Å². The van der Waals surface area contributed by atoms with E-state index in [1.54, 1.807) is 35.0 Å². The summed E-state index contributed by atoms with van der Waals surface area (Å²) in [6, 6.07) is 7.49. The van der Waals surface area contributed by atoms with Crippen molar-refractivity contribution in [3.63, 3.8) is 0 Å². The first-order valence-electron chi connectivity index (χ1n) is 13.6. The second-order valence-corrected chi connectivity index (χ2v) is 10.5. The van der Waals surface area contributed by atoms with Crippen LogP contribution in [0, 0.1) is 0 Å². The first-order chi connectivity index (χ1) is 19.1. The number of carboxylic acid groups (broad SMARTS) is 1. The van der Waals surface area contributed by atoms with Crippen molar-refractivity contribution in [3.05, 3.63) is 54.1 Å². The fraction of sp³-hybridized carbons (Fsp3) is 0.536. The van der Waals surface area contributed by atoms with Gasteiger partial charge in [-0.2, -0.15) is 0 Å². The summed E-state index contributed by atoms with van der Waals surface area (Å²) in [6.45, 7) is 1.66. The highest BCUT2D eigenvalue weighted by molar-refractivity contribution is 5.86. The summed E-state index contributed by atoms with van der Waals surface area (Å²) in [6.07, 6.45) is 5.39. The largest absolute Gasteiger partial charge is 0.480 e. The van der Waals surface area contributed by atoms with Crippen LogP contribution >= 0.6 is 0 Å². The van der Waals surface area contributed by atoms with Crippen molar-refractivity contribution in [2.24, 2.45) is 5.73 Å². The summed E-state index contributed by atoms with van der Waals surface area (Å²) < 4.78 is 13.2. The van der Waals surface area contributed by atoms with Crippen LogP contribution in [0.4, 0.5) is 0 Å². The van der Waals surface area contributed by atoms with Gasteiger partial charge in [0.15, 0.2) is 0 Å². The first kappa shape index (κ1) is 29.2. The molecule has 2 aliphatic heterocycles. The van der Waals surface area contributed by atoms with E-state index in [4.69, 9.17) is 15.2 Å². The summed E-state index contributed by atoms with van der Waals surface area (Å²) in [5.41, 5.74) is 6.46. The Labute approximate surface area is 232 Å². The van der Waals surface area contributed by atoms with Gasteiger partial charge in [0.05, 0.1) is 24.5 Å². The van der Waals surface area contributed by atoms with E-state index >= 15 is 0 Å². The first-order valence-corrected chi connectivity index (χ1v) is 13.6. The minimum Gasteiger partial charge on any atom is -0.480 e. The Hall–Kier alpha value is -3.77. The Kier molecular flexibility index (Phi) is 9.54. The maximum Gasteiger partial charge on any atom is 0.352 e. The molecule has 0 spiro atoms. The van der Waals surface area contributed by atoms with Crippen LogP contribution in [0.3, 0.4) is 0 Å². The SMILES string of the molecule is CC(N)C(=O)NC(Cc1cn(CCC(=O)OC(C(=O)OC2CCC3CCC2N3C)c2ccccc2)cn1)C(=O)O. The zero-order chi connectivity index (χ0) is 28.8. The molecule has 4 rings (SSSR count). The lowest BCUT2D eigenvalue weighted by Gasteiger charge is -2.37. The van der Waals surface area contributed by atoms with Crippen LogP contribution in [0.25, 0.3) is 0 Å². The molecule has 6 atom stereocenters. The molecule has 0 saturated carbocycles. The van der Waals surface area contributed by atoms with Gasteiger partial charge in [-0.1, -0.05) is 30.3 Å². The van der Waals surface area contributed by atoms with Crippen LogP contribution in [0.15, 0.2) is 42.9 Å². The number of aliphatic carboxylic acids is 1. The van der Waals surface area contributed by atoms with Gasteiger partial charge >= 0.3 is 17.9 Å². The minimum atomic E-state index is -1.21. The fourth-order valence-electron chi connectivity index (χ4n) is 5.37. The summed E-state index contributed by atoms with van der Waals surface area (Å²) in [7, 11) is 2.07. The third kappa shape index (κ3) is 7.24. The van der Waals surface area contributed by atoms with E-state index in [1.807, 2.05) is 6.07 Å². The predicted octanol–water partition coefficient (Wildman–Crippen LogP) is 1.19. The Morgan fingerprint density at radius 1 is 1.15 bits per heavy atom. The number of hydrogen-bond donors (Lipinski definition) is 3. The highest BCUT2D eigenvalue weighted by atomic mass is 16.6. The number of likely N-dealkylation sites (N-methyl/N-ethyl adjacent to an activating group) is 1. The molecule has 2 aromatic rings. The van der Waals surface area contributed by atoms with E-state index in [0.29, 0.717) is 17.3 Å². The molecule has 2 aliphatic rings. The lowest BCUT2D eigenvalue weighted by atomic mass is 10.0. The zero-order valence-electron chi connectivity index (χ0n) is 22.8. The molecule has 3 heterocycles. The number of carbonyl (C=O) groups excluding carboxylic acids is 3. The number of nitrogens with zero attached hydrogens (tertiary/aromatic N) is 3. The van der Waals surface area contributed by atoms with Crippen molar-refractivity contribution in [3.8, 4) is 0 Å². The summed E-state index contributed by atoms with van der Waals surface area (Å²) in [5.74, 6) is -2.96. The Morgan fingerprint density at radius 3 is 2.58 bits per heavy atom. The number of aromatic nitrogens is 2. The number of fused-ring (bicyclic) bond motifs is 2. The van der Waals surface area contributed by atoms with Crippen molar-refractivity contribution in [2.75, 3.05) is 7.05 Å². The number of nitrogens with two attached hydrogens (primary N) is 1. The van der Waals surface area contributed by atoms with E-state index in [1.165, 1.54) is 13.3 Å². The molecule has 12 heteroatoms. The third-order valence-electron chi connectivity index (χ3n) is 7.64. The smallest absolute Gasteiger partial charge is 0.352 e. The lowest BCUT2D eigenvalue weighted by Crippen LogP contribution is -2.48. The van der Waals surface area contributed by atoms with Gasteiger partial charge in [0.25, 0.3) is 0 Å². The Balaban J connectivity index is 1.34. The van der Waals surface area contributed by atoms with E-state index in [0.717, 1.165) is 25.7 Å². The number of carbonyl (C=O) groups is 4. The average molecular weight is 556 g/mol. The molecule has 2 saturated heterocycles. The number of imidazole rings is 1. The standard InChI is InChI=1S/C28H37N5O7/c1-17(29)26(35)31-21(27(36)37)14-19-15-33(16-30-19)13-12-24(34)40-25(18-6-4-3-5-7-18)28(38)39-23-11-9-20-8-10-22(23)32(20)2/h3-7,15-17,20-23,25H,8-14,29H2,1-2H3,(H,31,35)(H,36,37). The summed E-state index contributed by atoms with van der Waals surface area (Å²) >= 11 is 0. The van der Waals surface area contributed by atoms with Gasteiger partial charge < -0.3 is 30.2 Å². The molecule has 1 aromatic carbocycles. The van der Waals surface area contributed by atoms with Crippen molar-refractivity contribution >= 4 is 23.8 Å². The number of piperidine rings is 1. The van der Waals surface area contributed by atoms with Gasteiger partial charge in [-0.25, -0.2) is 14.6 Å². The number of amides is 1. The molecule has 216 valence electrons. The highest BCUT2D eigenvalue weighted by Crippen LogP contribution is 2.36. The number of ether oxygens (including phenoxy) is 2. The molecule has 2 bridgehead atoms. The molecule has 4 N–H and O–H groups in total. The van der Waals surface area contributed by atoms with Crippen molar-refractivity contribution in [1.29, 1.82) is 0 Å². The van der Waals surface area contributed by atoms with Gasteiger partial charge in [0, 0.05) is 36.8 Å². The topological polar surface area (TPSA) is 166 Å². The summed E-state index contributed by atoms with van der Waals surface area (Å²) in [4.78, 5) is 55.9. The second kappa shape index (κ2) is 13.1. The van der Waals surface area contributed by atoms with Gasteiger partial charge in [-0.05, 0) is 39.7 Å². The van der Waals surface area contributed by atoms with E-state index < -0.39 is 42.0 Å². The molecule has 0 radical (unpaired) electrons. The molecular weight excluding hydrogens is 518 g/mol.